The van der Waals surface area contributed by atoms with Crippen LogP contribution in [-0.4, -0.2) is 26.4 Å². The average molecular weight is 803 g/mol. The molecule has 12 rings (SSSR count). The van der Waals surface area contributed by atoms with E-state index in [-0.39, 0.29) is 0 Å². The van der Waals surface area contributed by atoms with Gasteiger partial charge in [-0.25, -0.2) is 0 Å². The summed E-state index contributed by atoms with van der Waals surface area (Å²) in [4.78, 5) is 4.77. The molecule has 0 atom stereocenters. The van der Waals surface area contributed by atoms with E-state index in [0.29, 0.717) is 19.8 Å². The van der Waals surface area contributed by atoms with Crippen LogP contribution in [0.25, 0.3) is 55.3 Å². The van der Waals surface area contributed by atoms with Crippen LogP contribution in [0.3, 0.4) is 0 Å². The van der Waals surface area contributed by atoms with E-state index in [9.17, 15) is 0 Å². The predicted octanol–water partition coefficient (Wildman–Crippen LogP) is 14.1. The molecule has 5 heteroatoms. The summed E-state index contributed by atoms with van der Waals surface area (Å²) in [6.07, 6.45) is 0. The van der Waals surface area contributed by atoms with Crippen molar-refractivity contribution in [2.45, 2.75) is 5.79 Å². The Morgan fingerprint density at radius 1 is 0.419 bits per heavy atom. The number of anilines is 5. The van der Waals surface area contributed by atoms with Crippen LogP contribution in [0.15, 0.2) is 206 Å². The van der Waals surface area contributed by atoms with Crippen LogP contribution < -0.4 is 14.5 Å². The van der Waals surface area contributed by atoms with Gasteiger partial charge in [0, 0.05) is 39.3 Å². The van der Waals surface area contributed by atoms with Crippen LogP contribution >= 0.6 is 0 Å². The Balaban J connectivity index is 1.11. The molecule has 0 aromatic heterocycles. The Kier molecular flexibility index (Phi) is 8.77. The number of para-hydroxylation sites is 2. The largest absolute Gasteiger partial charge is 0.489 e. The maximum absolute atomic E-state index is 6.75. The molecule has 62 heavy (non-hydrogen) atoms. The molecule has 298 valence electrons. The van der Waals surface area contributed by atoms with Gasteiger partial charge in [-0.3, -0.25) is 0 Å². The van der Waals surface area contributed by atoms with Gasteiger partial charge in [0.15, 0.2) is 5.75 Å². The standard InChI is InChI=1S/C57H42N2O3/c1-4-13-39(14-5-1)41-25-28-46(29-26-41)59(47-30-27-43-35-42(23-24-44(43)36-47)40-15-6-2-7-16-40)55-38-53-50(48-19-10-11-21-52(48)57(53)61-33-34-62-57)37-51(55)49-20-12-22-54-56(49)60-32-31-58(54)45-17-8-3-9-18-45/h1-30,35-38H,31-34H2. The Hall–Kier alpha value is -7.44. The number of nitrogens with zero attached hydrogens (tertiary/aromatic N) is 2. The first kappa shape index (κ1) is 36.4. The van der Waals surface area contributed by atoms with Gasteiger partial charge in [-0.15, -0.1) is 0 Å². The van der Waals surface area contributed by atoms with Crippen molar-refractivity contribution in [3.05, 3.63) is 217 Å². The zero-order chi connectivity index (χ0) is 41.0. The van der Waals surface area contributed by atoms with Crippen molar-refractivity contribution in [1.82, 2.24) is 0 Å². The van der Waals surface area contributed by atoms with E-state index < -0.39 is 5.79 Å². The molecule has 1 saturated heterocycles. The minimum atomic E-state index is -1.00. The van der Waals surface area contributed by atoms with Crippen molar-refractivity contribution in [2.24, 2.45) is 0 Å². The van der Waals surface area contributed by atoms with Crippen molar-refractivity contribution >= 4 is 39.2 Å². The maximum Gasteiger partial charge on any atom is 0.223 e. The third-order valence-electron chi connectivity index (χ3n) is 12.6. The second-order valence-electron chi connectivity index (χ2n) is 16.1. The molecule has 9 aromatic carbocycles. The molecule has 3 aliphatic rings. The fourth-order valence-electron chi connectivity index (χ4n) is 9.74. The lowest BCUT2D eigenvalue weighted by Gasteiger charge is -2.34. The second kappa shape index (κ2) is 14.9. The van der Waals surface area contributed by atoms with Crippen LogP contribution in [0.1, 0.15) is 11.1 Å². The highest BCUT2D eigenvalue weighted by Crippen LogP contribution is 2.57. The monoisotopic (exact) mass is 802 g/mol. The summed E-state index contributed by atoms with van der Waals surface area (Å²) in [5.74, 6) is -0.139. The maximum atomic E-state index is 6.75. The smallest absolute Gasteiger partial charge is 0.223 e. The molecular weight excluding hydrogens is 761 g/mol. The molecule has 1 aliphatic carbocycles. The molecule has 5 nitrogen and oxygen atoms in total. The first-order chi connectivity index (χ1) is 30.7. The fourth-order valence-corrected chi connectivity index (χ4v) is 9.74. The van der Waals surface area contributed by atoms with Crippen LogP contribution in [-0.2, 0) is 15.3 Å². The molecule has 1 spiro atoms. The van der Waals surface area contributed by atoms with Gasteiger partial charge in [-0.05, 0) is 105 Å². The van der Waals surface area contributed by atoms with Crippen LogP contribution in [0.2, 0.25) is 0 Å². The second-order valence-corrected chi connectivity index (χ2v) is 16.1. The lowest BCUT2D eigenvalue weighted by Crippen LogP contribution is -2.28. The number of hydrogen-bond acceptors (Lipinski definition) is 5. The molecule has 9 aromatic rings. The van der Waals surface area contributed by atoms with Gasteiger partial charge in [-0.2, -0.15) is 0 Å². The quantitative estimate of drug-likeness (QED) is 0.160. The van der Waals surface area contributed by atoms with E-state index in [0.717, 1.165) is 85.1 Å². The summed E-state index contributed by atoms with van der Waals surface area (Å²) in [5.41, 5.74) is 16.3. The summed E-state index contributed by atoms with van der Waals surface area (Å²) in [5, 5.41) is 2.33. The molecule has 2 heterocycles. The first-order valence-electron chi connectivity index (χ1n) is 21.4. The molecule has 0 saturated carbocycles. The van der Waals surface area contributed by atoms with Crippen molar-refractivity contribution in [1.29, 1.82) is 0 Å². The van der Waals surface area contributed by atoms with Gasteiger partial charge in [0.25, 0.3) is 0 Å². The van der Waals surface area contributed by atoms with E-state index in [1.807, 2.05) is 0 Å². The van der Waals surface area contributed by atoms with Gasteiger partial charge in [0.2, 0.25) is 5.79 Å². The molecule has 0 N–H and O–H groups in total. The molecule has 0 radical (unpaired) electrons. The highest BCUT2D eigenvalue weighted by molar-refractivity contribution is 5.99. The van der Waals surface area contributed by atoms with Crippen molar-refractivity contribution in [3.63, 3.8) is 0 Å². The number of fused-ring (bicyclic) bond motifs is 7. The third kappa shape index (κ3) is 6.00. The Morgan fingerprint density at radius 2 is 1.03 bits per heavy atom. The molecule has 1 fully saturated rings. The van der Waals surface area contributed by atoms with E-state index >= 15 is 0 Å². The minimum absolute atomic E-state index is 0.514. The summed E-state index contributed by atoms with van der Waals surface area (Å²) < 4.78 is 20.1. The minimum Gasteiger partial charge on any atom is -0.489 e. The number of hydrogen-bond donors (Lipinski definition) is 0. The lowest BCUT2D eigenvalue weighted by atomic mass is 9.92. The number of ether oxygens (including phenoxy) is 3. The topological polar surface area (TPSA) is 34.2 Å². The SMILES string of the molecule is c1ccc(-c2ccc(N(c3ccc4cc(-c5ccccc5)ccc4c3)c3cc4c(cc3-c3cccc5c3OCCN5c3ccccc3)-c3ccccc3C43OCCO3)cc2)cc1. The van der Waals surface area contributed by atoms with Gasteiger partial charge >= 0.3 is 0 Å². The van der Waals surface area contributed by atoms with Crippen molar-refractivity contribution in [3.8, 4) is 50.3 Å². The summed E-state index contributed by atoms with van der Waals surface area (Å²) in [7, 11) is 0. The first-order valence-corrected chi connectivity index (χ1v) is 21.4. The molecule has 2 aliphatic heterocycles. The van der Waals surface area contributed by atoms with E-state index in [2.05, 4.69) is 216 Å². The highest BCUT2D eigenvalue weighted by atomic mass is 16.7. The van der Waals surface area contributed by atoms with Crippen LogP contribution in [0.5, 0.6) is 5.75 Å². The normalized spacial score (nSPS) is 14.6. The Labute approximate surface area is 361 Å². The number of rotatable bonds is 7. The predicted molar refractivity (Wildman–Crippen MR) is 252 cm³/mol. The zero-order valence-electron chi connectivity index (χ0n) is 34.1. The Morgan fingerprint density at radius 3 is 1.81 bits per heavy atom. The van der Waals surface area contributed by atoms with Crippen LogP contribution in [0.4, 0.5) is 28.4 Å². The summed E-state index contributed by atoms with van der Waals surface area (Å²) in [6, 6.07) is 74.0. The average Bonchev–Trinajstić information content (AvgIpc) is 3.95. The van der Waals surface area contributed by atoms with Gasteiger partial charge in [0.1, 0.15) is 6.61 Å². The fraction of sp³-hybridized carbons (Fsp3) is 0.0877. The number of benzene rings is 9. The van der Waals surface area contributed by atoms with Gasteiger partial charge < -0.3 is 24.0 Å². The third-order valence-corrected chi connectivity index (χ3v) is 12.6. The lowest BCUT2D eigenvalue weighted by molar-refractivity contribution is -0.126. The van der Waals surface area contributed by atoms with E-state index in [1.165, 1.54) is 22.1 Å². The summed E-state index contributed by atoms with van der Waals surface area (Å²) >= 11 is 0. The van der Waals surface area contributed by atoms with E-state index in [1.54, 1.807) is 0 Å². The highest BCUT2D eigenvalue weighted by Gasteiger charge is 2.49. The van der Waals surface area contributed by atoms with Gasteiger partial charge in [-0.1, -0.05) is 146 Å². The van der Waals surface area contributed by atoms with Gasteiger partial charge in [0.05, 0.1) is 31.1 Å². The molecule has 0 amide bonds. The summed E-state index contributed by atoms with van der Waals surface area (Å²) in [6.45, 7) is 2.35. The zero-order valence-corrected chi connectivity index (χ0v) is 34.1. The van der Waals surface area contributed by atoms with E-state index in [4.69, 9.17) is 14.2 Å². The van der Waals surface area contributed by atoms with Crippen LogP contribution in [0, 0.1) is 0 Å². The molecule has 0 bridgehead atoms. The van der Waals surface area contributed by atoms with Crippen molar-refractivity contribution in [2.75, 3.05) is 36.2 Å². The molecular formula is C57H42N2O3. The molecule has 0 unspecified atom stereocenters. The Bertz CT molecular complexity index is 3110. The van der Waals surface area contributed by atoms with Crippen molar-refractivity contribution < 1.29 is 14.2 Å².